The van der Waals surface area contributed by atoms with Gasteiger partial charge in [-0.05, 0) is 52.2 Å². The Balaban J connectivity index is 1.82. The van der Waals surface area contributed by atoms with E-state index in [9.17, 15) is 5.11 Å². The van der Waals surface area contributed by atoms with Crippen LogP contribution in [0.4, 0.5) is 0 Å². The fourth-order valence-corrected chi connectivity index (χ4v) is 3.83. The van der Waals surface area contributed by atoms with E-state index in [1.807, 2.05) is 6.92 Å². The van der Waals surface area contributed by atoms with E-state index >= 15 is 0 Å². The first-order chi connectivity index (χ1) is 9.37. The molecule has 0 radical (unpaired) electrons. The van der Waals surface area contributed by atoms with Crippen molar-refractivity contribution in [1.82, 2.24) is 15.1 Å². The average molecular weight is 283 g/mol. The molecule has 2 aliphatic heterocycles. The Bertz CT molecular complexity index is 306. The maximum absolute atomic E-state index is 10.5. The largest absolute Gasteiger partial charge is 0.388 e. The molecule has 0 saturated carbocycles. The van der Waals surface area contributed by atoms with E-state index < -0.39 is 5.60 Å². The van der Waals surface area contributed by atoms with Crippen LogP contribution in [0, 0.1) is 5.92 Å². The van der Waals surface area contributed by atoms with Crippen LogP contribution in [0.2, 0.25) is 0 Å². The fraction of sp³-hybridized carbons (Fsp3) is 1.00. The number of nitrogens with zero attached hydrogens (tertiary/aromatic N) is 2. The van der Waals surface area contributed by atoms with Crippen LogP contribution in [0.15, 0.2) is 0 Å². The molecule has 2 heterocycles. The third-order valence-electron chi connectivity index (χ3n) is 4.89. The van der Waals surface area contributed by atoms with Gasteiger partial charge in [-0.3, -0.25) is 0 Å². The molecule has 0 aromatic heterocycles. The summed E-state index contributed by atoms with van der Waals surface area (Å²) in [6.45, 7) is 11.2. The maximum Gasteiger partial charge on any atom is 0.0869 e. The highest BCUT2D eigenvalue weighted by Gasteiger charge is 2.36. The number of hydrogen-bond donors (Lipinski definition) is 2. The molecule has 2 rings (SSSR count). The third kappa shape index (κ3) is 4.42. The highest BCUT2D eigenvalue weighted by molar-refractivity contribution is 4.91. The van der Waals surface area contributed by atoms with Gasteiger partial charge in [0.2, 0.25) is 0 Å². The number of aliphatic hydroxyl groups is 1. The van der Waals surface area contributed by atoms with Crippen molar-refractivity contribution in [3.05, 3.63) is 0 Å². The van der Waals surface area contributed by atoms with Crippen LogP contribution in [-0.4, -0.2) is 72.4 Å². The molecule has 0 aromatic carbocycles. The minimum Gasteiger partial charge on any atom is -0.388 e. The first kappa shape index (κ1) is 16.2. The molecule has 0 aromatic rings. The third-order valence-corrected chi connectivity index (χ3v) is 4.89. The molecular weight excluding hydrogens is 250 g/mol. The first-order valence-electron chi connectivity index (χ1n) is 8.26. The quantitative estimate of drug-likeness (QED) is 0.794. The molecule has 118 valence electrons. The standard InChI is InChI=1S/C16H33N3O/c1-13(2)17-11-16(3,20)12-19-9-7-15-14(10-19)6-5-8-18(15)4/h13-15,17,20H,5-12H2,1-4H3. The lowest BCUT2D eigenvalue weighted by molar-refractivity contribution is -0.0192. The Morgan fingerprint density at radius 2 is 2.05 bits per heavy atom. The number of β-amino-alcohol motifs (C(OH)–C–C–N with tert-alkyl or cyclic N) is 1. The SMILES string of the molecule is CC(C)NCC(C)(O)CN1CCC2C(CCCN2C)C1. The lowest BCUT2D eigenvalue weighted by Gasteiger charge is -2.47. The number of hydrogen-bond acceptors (Lipinski definition) is 4. The van der Waals surface area contributed by atoms with E-state index in [2.05, 4.69) is 36.0 Å². The summed E-state index contributed by atoms with van der Waals surface area (Å²) in [4.78, 5) is 5.02. The van der Waals surface area contributed by atoms with Crippen LogP contribution in [0.3, 0.4) is 0 Å². The molecule has 0 bridgehead atoms. The fourth-order valence-electron chi connectivity index (χ4n) is 3.83. The van der Waals surface area contributed by atoms with Crippen LogP contribution >= 0.6 is 0 Å². The minimum absolute atomic E-state index is 0.430. The first-order valence-corrected chi connectivity index (χ1v) is 8.26. The lowest BCUT2D eigenvalue weighted by atomic mass is 9.84. The van der Waals surface area contributed by atoms with E-state index in [-0.39, 0.29) is 0 Å². The molecule has 4 nitrogen and oxygen atoms in total. The van der Waals surface area contributed by atoms with Crippen LogP contribution in [0.25, 0.3) is 0 Å². The Hall–Kier alpha value is -0.160. The van der Waals surface area contributed by atoms with Crippen molar-refractivity contribution in [3.8, 4) is 0 Å². The monoisotopic (exact) mass is 283 g/mol. The molecule has 2 fully saturated rings. The molecule has 3 atom stereocenters. The zero-order valence-corrected chi connectivity index (χ0v) is 13.7. The summed E-state index contributed by atoms with van der Waals surface area (Å²) in [5.41, 5.74) is -0.627. The van der Waals surface area contributed by atoms with E-state index in [0.29, 0.717) is 12.6 Å². The minimum atomic E-state index is -0.627. The van der Waals surface area contributed by atoms with Crippen molar-refractivity contribution in [3.63, 3.8) is 0 Å². The number of piperidine rings is 2. The van der Waals surface area contributed by atoms with Gasteiger partial charge in [0.1, 0.15) is 0 Å². The van der Waals surface area contributed by atoms with Gasteiger partial charge in [-0.2, -0.15) is 0 Å². The molecule has 20 heavy (non-hydrogen) atoms. The molecule has 2 N–H and O–H groups in total. The van der Waals surface area contributed by atoms with Gasteiger partial charge in [-0.15, -0.1) is 0 Å². The summed E-state index contributed by atoms with van der Waals surface area (Å²) in [6.07, 6.45) is 3.95. The molecule has 2 aliphatic rings. The highest BCUT2D eigenvalue weighted by atomic mass is 16.3. The second-order valence-corrected chi connectivity index (χ2v) is 7.51. The predicted octanol–water partition coefficient (Wildman–Crippen LogP) is 1.15. The van der Waals surface area contributed by atoms with Crippen molar-refractivity contribution in [2.75, 3.05) is 39.8 Å². The number of fused-ring (bicyclic) bond motifs is 1. The van der Waals surface area contributed by atoms with Gasteiger partial charge in [0.05, 0.1) is 5.60 Å². The van der Waals surface area contributed by atoms with Crippen molar-refractivity contribution >= 4 is 0 Å². The maximum atomic E-state index is 10.5. The number of likely N-dealkylation sites (tertiary alicyclic amines) is 2. The van der Waals surface area contributed by atoms with Crippen LogP contribution in [0.5, 0.6) is 0 Å². The van der Waals surface area contributed by atoms with Gasteiger partial charge in [0.25, 0.3) is 0 Å². The molecule has 3 unspecified atom stereocenters. The molecule has 4 heteroatoms. The second-order valence-electron chi connectivity index (χ2n) is 7.51. The van der Waals surface area contributed by atoms with Gasteiger partial charge in [0.15, 0.2) is 0 Å². The summed E-state index contributed by atoms with van der Waals surface area (Å²) < 4.78 is 0. The zero-order valence-electron chi connectivity index (χ0n) is 13.7. The highest BCUT2D eigenvalue weighted by Crippen LogP contribution is 2.30. The van der Waals surface area contributed by atoms with Crippen LogP contribution < -0.4 is 5.32 Å². The van der Waals surface area contributed by atoms with Gasteiger partial charge in [-0.1, -0.05) is 13.8 Å². The Labute approximate surface area is 124 Å². The van der Waals surface area contributed by atoms with E-state index in [1.54, 1.807) is 0 Å². The second kappa shape index (κ2) is 6.73. The zero-order chi connectivity index (χ0) is 14.8. The van der Waals surface area contributed by atoms with E-state index in [0.717, 1.165) is 31.6 Å². The summed E-state index contributed by atoms with van der Waals surface area (Å²) in [7, 11) is 2.27. The summed E-state index contributed by atoms with van der Waals surface area (Å²) >= 11 is 0. The predicted molar refractivity (Wildman–Crippen MR) is 84.0 cm³/mol. The van der Waals surface area contributed by atoms with Gasteiger partial charge < -0.3 is 20.2 Å². The van der Waals surface area contributed by atoms with E-state index in [4.69, 9.17) is 0 Å². The molecular formula is C16H33N3O. The Kier molecular flexibility index (Phi) is 5.46. The molecule has 2 saturated heterocycles. The smallest absolute Gasteiger partial charge is 0.0869 e. The average Bonchev–Trinajstić information content (AvgIpc) is 2.36. The van der Waals surface area contributed by atoms with Crippen molar-refractivity contribution in [1.29, 1.82) is 0 Å². The Morgan fingerprint density at radius 3 is 2.75 bits per heavy atom. The molecule has 0 amide bonds. The molecule has 0 spiro atoms. The summed E-state index contributed by atoms with van der Waals surface area (Å²) in [6, 6.07) is 1.21. The normalized spacial score (nSPS) is 32.1. The lowest BCUT2D eigenvalue weighted by Crippen LogP contribution is -2.56. The van der Waals surface area contributed by atoms with Gasteiger partial charge >= 0.3 is 0 Å². The topological polar surface area (TPSA) is 38.7 Å². The van der Waals surface area contributed by atoms with Gasteiger partial charge in [0, 0.05) is 31.7 Å². The van der Waals surface area contributed by atoms with E-state index in [1.165, 1.54) is 25.8 Å². The Morgan fingerprint density at radius 1 is 1.30 bits per heavy atom. The van der Waals surface area contributed by atoms with Crippen LogP contribution in [-0.2, 0) is 0 Å². The van der Waals surface area contributed by atoms with Crippen molar-refractivity contribution in [2.45, 2.75) is 57.7 Å². The van der Waals surface area contributed by atoms with Crippen molar-refractivity contribution < 1.29 is 5.11 Å². The molecule has 0 aliphatic carbocycles. The van der Waals surface area contributed by atoms with Gasteiger partial charge in [-0.25, -0.2) is 0 Å². The van der Waals surface area contributed by atoms with Crippen molar-refractivity contribution in [2.24, 2.45) is 5.92 Å². The summed E-state index contributed by atoms with van der Waals surface area (Å²) in [5.74, 6) is 0.802. The number of rotatable bonds is 5. The number of nitrogens with one attached hydrogen (secondary N) is 1. The summed E-state index contributed by atoms with van der Waals surface area (Å²) in [5, 5.41) is 13.9. The van der Waals surface area contributed by atoms with Crippen LogP contribution in [0.1, 0.15) is 40.0 Å².